The van der Waals surface area contributed by atoms with Crippen molar-refractivity contribution in [2.45, 2.75) is 6.42 Å². The molecule has 10 heteroatoms. The van der Waals surface area contributed by atoms with Gasteiger partial charge in [0, 0.05) is 23.8 Å². The van der Waals surface area contributed by atoms with Crippen molar-refractivity contribution < 1.29 is 13.5 Å². The zero-order chi connectivity index (χ0) is 21.3. The van der Waals surface area contributed by atoms with Gasteiger partial charge in [-0.3, -0.25) is 4.68 Å². The van der Waals surface area contributed by atoms with Gasteiger partial charge in [-0.05, 0) is 30.3 Å². The van der Waals surface area contributed by atoms with E-state index in [2.05, 4.69) is 15.3 Å². The Hall–Kier alpha value is -3.41. The molecular weight excluding hydrogens is 432 g/mol. The summed E-state index contributed by atoms with van der Waals surface area (Å²) >= 11 is 12.1. The first kappa shape index (κ1) is 19.9. The number of nitrogens with zero attached hydrogens (tertiary/aromatic N) is 5. The molecule has 30 heavy (non-hydrogen) atoms. The van der Waals surface area contributed by atoms with E-state index >= 15 is 4.39 Å². The number of hydrogen-bond donors (Lipinski definition) is 0. The molecule has 0 saturated heterocycles. The van der Waals surface area contributed by atoms with Crippen molar-refractivity contribution in [3.63, 3.8) is 0 Å². The van der Waals surface area contributed by atoms with Crippen LogP contribution in [0.1, 0.15) is 17.0 Å². The highest BCUT2D eigenvalue weighted by molar-refractivity contribution is 6.32. The summed E-state index contributed by atoms with van der Waals surface area (Å²) in [6.07, 6.45) is 1.64. The molecule has 0 aliphatic rings. The van der Waals surface area contributed by atoms with Crippen molar-refractivity contribution in [2.24, 2.45) is 7.05 Å². The highest BCUT2D eigenvalue weighted by atomic mass is 35.5. The molecule has 150 valence electrons. The Morgan fingerprint density at radius 3 is 2.77 bits per heavy atom. The molecule has 2 aromatic carbocycles. The molecule has 0 unspecified atom stereocenters. The molecule has 0 radical (unpaired) electrons. The first-order chi connectivity index (χ1) is 14.4. The van der Waals surface area contributed by atoms with E-state index in [0.29, 0.717) is 5.69 Å². The number of aryl methyl sites for hydroxylation is 1. The minimum Gasteiger partial charge on any atom is -0.453 e. The van der Waals surface area contributed by atoms with Gasteiger partial charge in [0.05, 0.1) is 23.1 Å². The van der Waals surface area contributed by atoms with Crippen LogP contribution in [0.4, 0.5) is 4.39 Å². The number of hydrogen-bond acceptors (Lipinski definition) is 6. The number of benzene rings is 2. The molecule has 0 aliphatic carbocycles. The van der Waals surface area contributed by atoms with Gasteiger partial charge in [0.2, 0.25) is 5.89 Å². The number of nitriles is 1. The van der Waals surface area contributed by atoms with Crippen LogP contribution in [0.15, 0.2) is 47.0 Å². The minimum atomic E-state index is -0.679. The van der Waals surface area contributed by atoms with Crippen molar-refractivity contribution in [2.75, 3.05) is 0 Å². The molecule has 0 amide bonds. The maximum Gasteiger partial charge on any atom is 0.265 e. The first-order valence-corrected chi connectivity index (χ1v) is 9.36. The molecule has 0 aliphatic heterocycles. The molecule has 2 heterocycles. The van der Waals surface area contributed by atoms with Gasteiger partial charge in [-0.25, -0.2) is 4.39 Å². The lowest BCUT2D eigenvalue weighted by molar-refractivity contribution is 0.437. The lowest BCUT2D eigenvalue weighted by Crippen LogP contribution is -1.98. The van der Waals surface area contributed by atoms with Crippen LogP contribution in [0.25, 0.3) is 11.6 Å². The number of ether oxygens (including phenoxy) is 1. The zero-order valence-corrected chi connectivity index (χ0v) is 16.9. The van der Waals surface area contributed by atoms with Gasteiger partial charge in [0.1, 0.15) is 11.4 Å². The second kappa shape index (κ2) is 8.14. The molecule has 7 nitrogen and oxygen atoms in total. The quantitative estimate of drug-likeness (QED) is 0.422. The smallest absolute Gasteiger partial charge is 0.265 e. The fraction of sp³-hybridized carbons (Fsp3) is 0.100. The van der Waals surface area contributed by atoms with Crippen LogP contribution < -0.4 is 4.74 Å². The second-order valence-electron chi connectivity index (χ2n) is 6.26. The van der Waals surface area contributed by atoms with E-state index in [1.165, 1.54) is 30.3 Å². The minimum absolute atomic E-state index is 0.0310. The van der Waals surface area contributed by atoms with Crippen molar-refractivity contribution in [1.29, 1.82) is 5.26 Å². The molecule has 0 spiro atoms. The van der Waals surface area contributed by atoms with Crippen molar-refractivity contribution >= 4 is 23.2 Å². The highest BCUT2D eigenvalue weighted by Gasteiger charge is 2.19. The Morgan fingerprint density at radius 2 is 2.03 bits per heavy atom. The van der Waals surface area contributed by atoms with E-state index in [1.54, 1.807) is 24.0 Å². The van der Waals surface area contributed by atoms with Gasteiger partial charge in [-0.1, -0.05) is 29.3 Å². The summed E-state index contributed by atoms with van der Waals surface area (Å²) in [6, 6.07) is 11.1. The maximum atomic E-state index is 15.1. The van der Waals surface area contributed by atoms with Crippen LogP contribution in [0.2, 0.25) is 10.0 Å². The molecule has 4 rings (SSSR count). The van der Waals surface area contributed by atoms with Crippen molar-refractivity contribution in [1.82, 2.24) is 20.0 Å². The predicted molar refractivity (Wildman–Crippen MR) is 107 cm³/mol. The fourth-order valence-electron chi connectivity index (χ4n) is 2.78. The third-order valence-corrected chi connectivity index (χ3v) is 4.71. The lowest BCUT2D eigenvalue weighted by atomic mass is 10.1. The topological polar surface area (TPSA) is 89.8 Å². The standard InChI is InChI=1S/C20H12Cl2FN5O2/c1-28-16(4-5-25-28)20-27-26-17(30-20)8-12-2-3-15(22)19(18(12)23)29-14-7-11(10-24)6-13(21)9-14/h2-7,9H,8H2,1H3. The van der Waals surface area contributed by atoms with E-state index in [1.807, 2.05) is 6.07 Å². The largest absolute Gasteiger partial charge is 0.453 e. The molecule has 2 aromatic heterocycles. The summed E-state index contributed by atoms with van der Waals surface area (Å²) in [4.78, 5) is 0. The summed E-state index contributed by atoms with van der Waals surface area (Å²) in [7, 11) is 1.75. The van der Waals surface area contributed by atoms with E-state index < -0.39 is 5.82 Å². The Kier molecular flexibility index (Phi) is 5.40. The molecule has 0 atom stereocenters. The maximum absolute atomic E-state index is 15.1. The fourth-order valence-corrected chi connectivity index (χ4v) is 3.19. The zero-order valence-electron chi connectivity index (χ0n) is 15.4. The molecule has 0 N–H and O–H groups in total. The van der Waals surface area contributed by atoms with Gasteiger partial charge < -0.3 is 9.15 Å². The molecule has 0 saturated carbocycles. The summed E-state index contributed by atoms with van der Waals surface area (Å²) in [5, 5.41) is 21.4. The average Bonchev–Trinajstić information content (AvgIpc) is 3.35. The predicted octanol–water partition coefficient (Wildman–Crippen LogP) is 5.17. The number of halogens is 3. The summed E-state index contributed by atoms with van der Waals surface area (Å²) in [5.74, 6) is -0.187. The monoisotopic (exact) mass is 443 g/mol. The van der Waals surface area contributed by atoms with Gasteiger partial charge in [-0.15, -0.1) is 10.2 Å². The molecular formula is C20H12Cl2FN5O2. The Balaban J connectivity index is 1.62. The Bertz CT molecular complexity index is 1280. The summed E-state index contributed by atoms with van der Waals surface area (Å²) in [6.45, 7) is 0. The normalized spacial score (nSPS) is 10.8. The first-order valence-electron chi connectivity index (χ1n) is 8.61. The van der Waals surface area contributed by atoms with Crippen LogP contribution in [-0.4, -0.2) is 20.0 Å². The SMILES string of the molecule is Cn1nccc1-c1nnc(Cc2ccc(Cl)c(Oc3cc(Cl)cc(C#N)c3)c2F)o1. The lowest BCUT2D eigenvalue weighted by Gasteiger charge is -2.11. The van der Waals surface area contributed by atoms with Gasteiger partial charge in [-0.2, -0.15) is 10.4 Å². The van der Waals surface area contributed by atoms with Crippen molar-refractivity contribution in [3.05, 3.63) is 75.5 Å². The van der Waals surface area contributed by atoms with Crippen LogP contribution in [0.5, 0.6) is 11.5 Å². The summed E-state index contributed by atoms with van der Waals surface area (Å²) < 4.78 is 27.9. The Morgan fingerprint density at radius 1 is 1.20 bits per heavy atom. The van der Waals surface area contributed by atoms with E-state index in [0.717, 1.165) is 0 Å². The third kappa shape index (κ3) is 3.99. The van der Waals surface area contributed by atoms with Crippen LogP contribution in [-0.2, 0) is 13.5 Å². The van der Waals surface area contributed by atoms with E-state index in [9.17, 15) is 0 Å². The van der Waals surface area contributed by atoms with E-state index in [4.69, 9.17) is 37.6 Å². The summed E-state index contributed by atoms with van der Waals surface area (Å²) in [5.41, 5.74) is 1.17. The van der Waals surface area contributed by atoms with Crippen LogP contribution >= 0.6 is 23.2 Å². The average molecular weight is 444 g/mol. The number of rotatable bonds is 5. The van der Waals surface area contributed by atoms with E-state index in [-0.39, 0.29) is 50.9 Å². The molecule has 4 aromatic rings. The molecule has 0 bridgehead atoms. The Labute approximate surface area is 180 Å². The molecule has 0 fully saturated rings. The van der Waals surface area contributed by atoms with Gasteiger partial charge in [0.25, 0.3) is 5.89 Å². The van der Waals surface area contributed by atoms with Crippen molar-refractivity contribution in [3.8, 4) is 29.2 Å². The third-order valence-electron chi connectivity index (χ3n) is 4.20. The number of aromatic nitrogens is 4. The van der Waals surface area contributed by atoms with Gasteiger partial charge >= 0.3 is 0 Å². The highest BCUT2D eigenvalue weighted by Crippen LogP contribution is 2.36. The second-order valence-corrected chi connectivity index (χ2v) is 7.10. The van der Waals surface area contributed by atoms with Gasteiger partial charge in [0.15, 0.2) is 11.6 Å². The van der Waals surface area contributed by atoms with Crippen LogP contribution in [0.3, 0.4) is 0 Å². The van der Waals surface area contributed by atoms with Crippen LogP contribution in [0, 0.1) is 17.1 Å².